The lowest BCUT2D eigenvalue weighted by atomic mass is 10.2. The maximum atomic E-state index is 12.3. The fourth-order valence-corrected chi connectivity index (χ4v) is 3.50. The monoisotopic (exact) mass is 444 g/mol. The molecule has 0 bridgehead atoms. The number of rotatable bonds is 8. The number of ether oxygens (including phenoxy) is 2. The lowest BCUT2D eigenvalue weighted by Gasteiger charge is -2.10. The summed E-state index contributed by atoms with van der Waals surface area (Å²) in [5, 5.41) is 0.719. The van der Waals surface area contributed by atoms with Gasteiger partial charge in [0.25, 0.3) is 0 Å². The van der Waals surface area contributed by atoms with Crippen molar-refractivity contribution in [2.75, 3.05) is 6.61 Å². The van der Waals surface area contributed by atoms with E-state index in [1.54, 1.807) is 30.3 Å². The van der Waals surface area contributed by atoms with E-state index >= 15 is 0 Å². The molecule has 0 N–H and O–H groups in total. The van der Waals surface area contributed by atoms with Crippen LogP contribution in [0.4, 0.5) is 0 Å². The fourth-order valence-electron chi connectivity index (χ4n) is 2.18. The van der Waals surface area contributed by atoms with Crippen molar-refractivity contribution in [1.82, 2.24) is 0 Å². The van der Waals surface area contributed by atoms with Gasteiger partial charge in [0.15, 0.2) is 5.75 Å². The molecule has 0 aliphatic heterocycles. The van der Waals surface area contributed by atoms with Gasteiger partial charge in [0.2, 0.25) is 0 Å². The van der Waals surface area contributed by atoms with E-state index in [4.69, 9.17) is 32.7 Å². The second-order valence-electron chi connectivity index (χ2n) is 5.52. The van der Waals surface area contributed by atoms with Gasteiger partial charge in [0, 0.05) is 5.02 Å². The first-order valence-corrected chi connectivity index (χ1v) is 9.65. The predicted molar refractivity (Wildman–Crippen MR) is 105 cm³/mol. The molecule has 25 heavy (non-hydrogen) atoms. The van der Waals surface area contributed by atoms with Crippen LogP contribution in [0.2, 0.25) is 10.0 Å². The minimum atomic E-state index is -0.501. The Morgan fingerprint density at radius 1 is 1.08 bits per heavy atom. The maximum absolute atomic E-state index is 12.3. The Kier molecular flexibility index (Phi) is 8.07. The highest BCUT2D eigenvalue weighted by molar-refractivity contribution is 9.10. The Morgan fingerprint density at radius 3 is 2.44 bits per heavy atom. The van der Waals surface area contributed by atoms with Crippen LogP contribution in [0.3, 0.4) is 0 Å². The van der Waals surface area contributed by atoms with Gasteiger partial charge in [-0.1, -0.05) is 49.4 Å². The van der Waals surface area contributed by atoms with Crippen molar-refractivity contribution in [1.29, 1.82) is 0 Å². The van der Waals surface area contributed by atoms with E-state index in [0.717, 1.165) is 18.6 Å². The summed E-state index contributed by atoms with van der Waals surface area (Å²) in [6.07, 6.45) is 4.61. The van der Waals surface area contributed by atoms with Gasteiger partial charge in [0.05, 0.1) is 21.7 Å². The number of unbranched alkanes of at least 4 members (excludes halogenated alkanes) is 3. The molecular weight excluding hydrogens is 427 g/mol. The van der Waals surface area contributed by atoms with Crippen LogP contribution in [0.1, 0.15) is 43.0 Å². The third-order valence-electron chi connectivity index (χ3n) is 3.51. The molecule has 0 radical (unpaired) electrons. The SMILES string of the molecule is CCCCCCOc1ccc(C(=O)Oc2c(Cl)cc(Cl)cc2Br)cc1. The van der Waals surface area contributed by atoms with E-state index in [1.807, 2.05) is 0 Å². The normalized spacial score (nSPS) is 10.6. The van der Waals surface area contributed by atoms with Crippen LogP contribution in [0, 0.1) is 0 Å². The summed E-state index contributed by atoms with van der Waals surface area (Å²) < 4.78 is 11.5. The Bertz CT molecular complexity index is 694. The van der Waals surface area contributed by atoms with Crippen molar-refractivity contribution >= 4 is 45.1 Å². The van der Waals surface area contributed by atoms with E-state index in [-0.39, 0.29) is 10.8 Å². The molecule has 0 aliphatic rings. The summed E-state index contributed by atoms with van der Waals surface area (Å²) in [6, 6.07) is 9.99. The highest BCUT2D eigenvalue weighted by Crippen LogP contribution is 2.36. The molecule has 0 spiro atoms. The molecule has 0 saturated carbocycles. The van der Waals surface area contributed by atoms with Crippen molar-refractivity contribution in [3.63, 3.8) is 0 Å². The van der Waals surface area contributed by atoms with Crippen LogP contribution >= 0.6 is 39.1 Å². The molecular formula is C19H19BrCl2O3. The summed E-state index contributed by atoms with van der Waals surface area (Å²) in [4.78, 5) is 12.3. The molecule has 2 aromatic rings. The van der Waals surface area contributed by atoms with E-state index in [2.05, 4.69) is 22.9 Å². The first-order valence-electron chi connectivity index (χ1n) is 8.11. The van der Waals surface area contributed by atoms with Crippen LogP contribution in [-0.2, 0) is 0 Å². The molecule has 0 heterocycles. The lowest BCUT2D eigenvalue weighted by Crippen LogP contribution is -2.09. The van der Waals surface area contributed by atoms with Crippen molar-refractivity contribution in [2.24, 2.45) is 0 Å². The fraction of sp³-hybridized carbons (Fsp3) is 0.316. The lowest BCUT2D eigenvalue weighted by molar-refractivity contribution is 0.0733. The summed E-state index contributed by atoms with van der Waals surface area (Å²) in [5.41, 5.74) is 0.413. The van der Waals surface area contributed by atoms with E-state index in [0.29, 0.717) is 21.7 Å². The zero-order valence-electron chi connectivity index (χ0n) is 13.9. The van der Waals surface area contributed by atoms with E-state index in [9.17, 15) is 4.79 Å². The Morgan fingerprint density at radius 2 is 1.80 bits per heavy atom. The van der Waals surface area contributed by atoms with Crippen LogP contribution in [0.25, 0.3) is 0 Å². The first-order chi connectivity index (χ1) is 12.0. The molecule has 0 fully saturated rings. The van der Waals surface area contributed by atoms with Gasteiger partial charge in [0.1, 0.15) is 5.75 Å². The second kappa shape index (κ2) is 10.0. The zero-order chi connectivity index (χ0) is 18.2. The van der Waals surface area contributed by atoms with Crippen LogP contribution in [-0.4, -0.2) is 12.6 Å². The summed E-state index contributed by atoms with van der Waals surface area (Å²) in [5.74, 6) is 0.477. The van der Waals surface area contributed by atoms with E-state index in [1.165, 1.54) is 18.9 Å². The topological polar surface area (TPSA) is 35.5 Å². The van der Waals surface area contributed by atoms with Crippen LogP contribution in [0.5, 0.6) is 11.5 Å². The molecule has 0 aromatic heterocycles. The summed E-state index contributed by atoms with van der Waals surface area (Å²) >= 11 is 15.3. The minimum Gasteiger partial charge on any atom is -0.494 e. The molecule has 2 rings (SSSR count). The number of benzene rings is 2. The van der Waals surface area contributed by atoms with Crippen molar-refractivity contribution in [2.45, 2.75) is 32.6 Å². The van der Waals surface area contributed by atoms with Gasteiger partial charge >= 0.3 is 5.97 Å². The number of carbonyl (C=O) groups excluding carboxylic acids is 1. The minimum absolute atomic E-state index is 0.243. The van der Waals surface area contributed by atoms with Crippen LogP contribution < -0.4 is 9.47 Å². The Labute approximate surface area is 166 Å². The van der Waals surface area contributed by atoms with E-state index < -0.39 is 5.97 Å². The number of hydrogen-bond acceptors (Lipinski definition) is 3. The van der Waals surface area contributed by atoms with Crippen molar-refractivity contribution in [3.8, 4) is 11.5 Å². The zero-order valence-corrected chi connectivity index (χ0v) is 17.0. The second-order valence-corrected chi connectivity index (χ2v) is 7.22. The molecule has 134 valence electrons. The molecule has 0 unspecified atom stereocenters. The number of hydrogen-bond donors (Lipinski definition) is 0. The number of carbonyl (C=O) groups is 1. The summed E-state index contributed by atoms with van der Waals surface area (Å²) in [6.45, 7) is 2.85. The third kappa shape index (κ3) is 6.21. The maximum Gasteiger partial charge on any atom is 0.343 e. The molecule has 0 atom stereocenters. The Hall–Kier alpha value is -1.23. The highest BCUT2D eigenvalue weighted by Gasteiger charge is 2.15. The van der Waals surface area contributed by atoms with Crippen LogP contribution in [0.15, 0.2) is 40.9 Å². The molecule has 0 amide bonds. The quantitative estimate of drug-likeness (QED) is 0.251. The molecule has 6 heteroatoms. The average molecular weight is 446 g/mol. The van der Waals surface area contributed by atoms with Gasteiger partial charge < -0.3 is 9.47 Å². The van der Waals surface area contributed by atoms with Gasteiger partial charge in [-0.3, -0.25) is 0 Å². The van der Waals surface area contributed by atoms with Crippen molar-refractivity contribution < 1.29 is 14.3 Å². The molecule has 0 aliphatic carbocycles. The third-order valence-corrected chi connectivity index (χ3v) is 4.60. The summed E-state index contributed by atoms with van der Waals surface area (Å²) in [7, 11) is 0. The average Bonchev–Trinajstić information content (AvgIpc) is 2.58. The largest absolute Gasteiger partial charge is 0.494 e. The first kappa shape index (κ1) is 20.1. The van der Waals surface area contributed by atoms with Gasteiger partial charge in [-0.25, -0.2) is 4.79 Å². The Balaban J connectivity index is 1.94. The predicted octanol–water partition coefficient (Wildman–Crippen LogP) is 6.93. The smallest absolute Gasteiger partial charge is 0.343 e. The number of esters is 1. The molecule has 0 saturated heterocycles. The number of halogens is 3. The molecule has 3 nitrogen and oxygen atoms in total. The molecule has 2 aromatic carbocycles. The van der Waals surface area contributed by atoms with Crippen molar-refractivity contribution in [3.05, 3.63) is 56.5 Å². The highest BCUT2D eigenvalue weighted by atomic mass is 79.9. The van der Waals surface area contributed by atoms with Gasteiger partial charge in [-0.05, 0) is 58.7 Å². The van der Waals surface area contributed by atoms with Gasteiger partial charge in [-0.2, -0.15) is 0 Å². The standard InChI is InChI=1S/C19H19BrCl2O3/c1-2-3-4-5-10-24-15-8-6-13(7-9-15)19(23)25-18-16(20)11-14(21)12-17(18)22/h6-9,11-12H,2-5,10H2,1H3. The van der Waals surface area contributed by atoms with Gasteiger partial charge in [-0.15, -0.1) is 0 Å².